The molecule has 1 aliphatic heterocycles. The van der Waals surface area contributed by atoms with Crippen LogP contribution >= 0.6 is 0 Å². The first kappa shape index (κ1) is 20.8. The molecule has 7 nitrogen and oxygen atoms in total. The number of amides is 2. The number of aryl methyl sites for hydroxylation is 2. The molecular weight excluding hydrogens is 416 g/mol. The fraction of sp³-hybridized carbons (Fsp3) is 0.192. The van der Waals surface area contributed by atoms with Crippen molar-refractivity contribution in [2.75, 3.05) is 16.8 Å². The number of benzene rings is 3. The normalized spacial score (nSPS) is 14.0. The minimum atomic E-state index is -0.671. The topological polar surface area (TPSA) is 87.3 Å². The van der Waals surface area contributed by atoms with Crippen LogP contribution in [0.1, 0.15) is 18.3 Å². The summed E-state index contributed by atoms with van der Waals surface area (Å²) in [6.45, 7) is 1.64. The molecular formula is C26H24N4O3. The van der Waals surface area contributed by atoms with E-state index < -0.39 is 6.04 Å². The Morgan fingerprint density at radius 1 is 1.06 bits per heavy atom. The number of aromatic amines is 1. The third-order valence-corrected chi connectivity index (χ3v) is 5.82. The van der Waals surface area contributed by atoms with Crippen molar-refractivity contribution in [3.8, 4) is 5.75 Å². The Kier molecular flexibility index (Phi) is 5.52. The van der Waals surface area contributed by atoms with Crippen LogP contribution in [0.25, 0.3) is 11.0 Å². The Morgan fingerprint density at radius 2 is 1.82 bits per heavy atom. The average Bonchev–Trinajstić information content (AvgIpc) is 3.26. The van der Waals surface area contributed by atoms with Crippen molar-refractivity contribution in [2.45, 2.75) is 25.8 Å². The molecule has 166 valence electrons. The number of fused-ring (bicyclic) bond motifs is 2. The largest absolute Gasteiger partial charge is 0.482 e. The van der Waals surface area contributed by atoms with Crippen LogP contribution < -0.4 is 15.0 Å². The van der Waals surface area contributed by atoms with Gasteiger partial charge >= 0.3 is 0 Å². The van der Waals surface area contributed by atoms with Crippen LogP contribution in [0.2, 0.25) is 0 Å². The SMILES string of the molecule is C[C@@H](C(=O)Nc1ccc(CCc2nc3ccccc3[nH]2)cc1)N1C(=O)COc2ccccc21. The molecule has 3 aromatic carbocycles. The number of H-pyrrole nitrogens is 1. The second-order valence-corrected chi connectivity index (χ2v) is 8.08. The first-order chi connectivity index (χ1) is 16.1. The van der Waals surface area contributed by atoms with Gasteiger partial charge in [0.15, 0.2) is 6.61 Å². The van der Waals surface area contributed by atoms with Gasteiger partial charge in [-0.25, -0.2) is 4.98 Å². The van der Waals surface area contributed by atoms with Crippen LogP contribution in [0.4, 0.5) is 11.4 Å². The lowest BCUT2D eigenvalue weighted by molar-refractivity contribution is -0.125. The van der Waals surface area contributed by atoms with Gasteiger partial charge in [-0.15, -0.1) is 0 Å². The van der Waals surface area contributed by atoms with E-state index in [1.165, 1.54) is 4.90 Å². The van der Waals surface area contributed by atoms with Crippen LogP contribution in [-0.4, -0.2) is 34.4 Å². The average molecular weight is 441 g/mol. The highest BCUT2D eigenvalue weighted by atomic mass is 16.5. The smallest absolute Gasteiger partial charge is 0.265 e. The standard InChI is InChI=1S/C26H24N4O3/c1-17(30-22-8-4-5-9-23(22)33-16-25(30)31)26(32)27-19-13-10-18(11-14-19)12-15-24-28-20-6-2-3-7-21(20)29-24/h2-11,13-14,17H,12,15-16H2,1H3,(H,27,32)(H,28,29)/t17-/m0/s1. The van der Waals surface area contributed by atoms with Gasteiger partial charge in [-0.05, 0) is 55.3 Å². The van der Waals surface area contributed by atoms with Crippen molar-refractivity contribution >= 4 is 34.2 Å². The Balaban J connectivity index is 1.22. The molecule has 0 saturated carbocycles. The number of aromatic nitrogens is 2. The van der Waals surface area contributed by atoms with E-state index in [0.29, 0.717) is 17.1 Å². The van der Waals surface area contributed by atoms with Crippen LogP contribution in [0.3, 0.4) is 0 Å². The predicted octanol–water partition coefficient (Wildman–Crippen LogP) is 4.10. The molecule has 0 bridgehead atoms. The van der Waals surface area contributed by atoms with Crippen molar-refractivity contribution in [3.05, 3.63) is 84.2 Å². The maximum atomic E-state index is 12.9. The number of nitrogens with zero attached hydrogens (tertiary/aromatic N) is 2. The number of hydrogen-bond acceptors (Lipinski definition) is 4. The highest BCUT2D eigenvalue weighted by molar-refractivity contribution is 6.06. The lowest BCUT2D eigenvalue weighted by Gasteiger charge is -2.33. The number of hydrogen-bond donors (Lipinski definition) is 2. The van der Waals surface area contributed by atoms with E-state index in [-0.39, 0.29) is 18.4 Å². The predicted molar refractivity (Wildman–Crippen MR) is 127 cm³/mol. The van der Waals surface area contributed by atoms with Gasteiger partial charge in [0, 0.05) is 12.1 Å². The zero-order valence-electron chi connectivity index (χ0n) is 18.2. The molecule has 0 spiro atoms. The van der Waals surface area contributed by atoms with Crippen molar-refractivity contribution in [3.63, 3.8) is 0 Å². The van der Waals surface area contributed by atoms with E-state index >= 15 is 0 Å². The molecule has 7 heteroatoms. The molecule has 0 saturated heterocycles. The first-order valence-electron chi connectivity index (χ1n) is 11.0. The van der Waals surface area contributed by atoms with Crippen LogP contribution in [0, 0.1) is 0 Å². The summed E-state index contributed by atoms with van der Waals surface area (Å²) in [5.74, 6) is 1.07. The molecule has 0 unspecified atom stereocenters. The lowest BCUT2D eigenvalue weighted by atomic mass is 10.1. The zero-order valence-corrected chi connectivity index (χ0v) is 18.2. The van der Waals surface area contributed by atoms with E-state index in [1.54, 1.807) is 19.1 Å². The highest BCUT2D eigenvalue weighted by Gasteiger charge is 2.32. The summed E-state index contributed by atoms with van der Waals surface area (Å²) in [4.78, 5) is 34.8. The quantitative estimate of drug-likeness (QED) is 0.473. The summed E-state index contributed by atoms with van der Waals surface area (Å²) >= 11 is 0. The van der Waals surface area contributed by atoms with E-state index in [2.05, 4.69) is 15.3 Å². The lowest BCUT2D eigenvalue weighted by Crippen LogP contribution is -2.49. The molecule has 2 heterocycles. The van der Waals surface area contributed by atoms with Crippen molar-refractivity contribution in [2.24, 2.45) is 0 Å². The molecule has 1 aliphatic rings. The number of carbonyl (C=O) groups excluding carboxylic acids is 2. The van der Waals surface area contributed by atoms with Gasteiger partial charge in [0.25, 0.3) is 5.91 Å². The van der Waals surface area contributed by atoms with E-state index in [9.17, 15) is 9.59 Å². The summed E-state index contributed by atoms with van der Waals surface area (Å²) < 4.78 is 5.47. The zero-order chi connectivity index (χ0) is 22.8. The van der Waals surface area contributed by atoms with Crippen LogP contribution in [0.15, 0.2) is 72.8 Å². The summed E-state index contributed by atoms with van der Waals surface area (Å²) in [5.41, 5.74) is 4.46. The van der Waals surface area contributed by atoms with Gasteiger partial charge in [-0.1, -0.05) is 36.4 Å². The second kappa shape index (κ2) is 8.78. The Labute approximate surface area is 191 Å². The minimum absolute atomic E-state index is 0.0748. The molecule has 0 aliphatic carbocycles. The van der Waals surface area contributed by atoms with Crippen molar-refractivity contribution in [1.29, 1.82) is 0 Å². The fourth-order valence-corrected chi connectivity index (χ4v) is 4.05. The molecule has 0 fully saturated rings. The molecule has 4 aromatic rings. The molecule has 2 amide bonds. The molecule has 1 aromatic heterocycles. The summed E-state index contributed by atoms with van der Waals surface area (Å²) in [7, 11) is 0. The van der Waals surface area contributed by atoms with Crippen molar-refractivity contribution in [1.82, 2.24) is 9.97 Å². The fourth-order valence-electron chi connectivity index (χ4n) is 4.05. The Hall–Kier alpha value is -4.13. The van der Waals surface area contributed by atoms with Gasteiger partial charge in [0.2, 0.25) is 5.91 Å². The van der Waals surface area contributed by atoms with E-state index in [1.807, 2.05) is 60.7 Å². The molecule has 33 heavy (non-hydrogen) atoms. The summed E-state index contributed by atoms with van der Waals surface area (Å²) in [6, 6.07) is 22.3. The third-order valence-electron chi connectivity index (χ3n) is 5.82. The first-order valence-corrected chi connectivity index (χ1v) is 11.0. The number of para-hydroxylation sites is 4. The number of imidazole rings is 1. The summed E-state index contributed by atoms with van der Waals surface area (Å²) in [5, 5.41) is 2.92. The number of nitrogens with one attached hydrogen (secondary N) is 2. The van der Waals surface area contributed by atoms with Gasteiger partial charge in [0.05, 0.1) is 16.7 Å². The molecule has 0 radical (unpaired) electrons. The number of ether oxygens (including phenoxy) is 1. The minimum Gasteiger partial charge on any atom is -0.482 e. The van der Waals surface area contributed by atoms with Gasteiger partial charge in [-0.2, -0.15) is 0 Å². The number of anilines is 2. The van der Waals surface area contributed by atoms with Gasteiger partial charge < -0.3 is 15.0 Å². The van der Waals surface area contributed by atoms with E-state index in [0.717, 1.165) is 35.3 Å². The van der Waals surface area contributed by atoms with Crippen LogP contribution in [-0.2, 0) is 22.4 Å². The molecule has 2 N–H and O–H groups in total. The Bertz CT molecular complexity index is 1280. The monoisotopic (exact) mass is 440 g/mol. The maximum Gasteiger partial charge on any atom is 0.265 e. The maximum absolute atomic E-state index is 12.9. The number of rotatable bonds is 6. The third kappa shape index (κ3) is 4.30. The van der Waals surface area contributed by atoms with Gasteiger partial charge in [0.1, 0.15) is 17.6 Å². The van der Waals surface area contributed by atoms with E-state index in [4.69, 9.17) is 4.74 Å². The summed E-state index contributed by atoms with van der Waals surface area (Å²) in [6.07, 6.45) is 1.64. The molecule has 1 atom stereocenters. The molecule has 5 rings (SSSR count). The second-order valence-electron chi connectivity index (χ2n) is 8.08. The van der Waals surface area contributed by atoms with Gasteiger partial charge in [-0.3, -0.25) is 14.5 Å². The van der Waals surface area contributed by atoms with Crippen molar-refractivity contribution < 1.29 is 14.3 Å². The Morgan fingerprint density at radius 3 is 2.64 bits per heavy atom. The highest BCUT2D eigenvalue weighted by Crippen LogP contribution is 2.33. The number of carbonyl (C=O) groups is 2. The van der Waals surface area contributed by atoms with Crippen LogP contribution in [0.5, 0.6) is 5.75 Å².